The van der Waals surface area contributed by atoms with Gasteiger partial charge in [-0.05, 0) is 61.0 Å². The van der Waals surface area contributed by atoms with E-state index in [1.807, 2.05) is 0 Å². The van der Waals surface area contributed by atoms with Gasteiger partial charge in [0.25, 0.3) is 0 Å². The molecule has 0 unspecified atom stereocenters. The zero-order chi connectivity index (χ0) is 23.1. The van der Waals surface area contributed by atoms with Crippen molar-refractivity contribution in [3.05, 3.63) is 66.5 Å². The Labute approximate surface area is 172 Å². The fourth-order valence-corrected chi connectivity index (χ4v) is 2.14. The van der Waals surface area contributed by atoms with Gasteiger partial charge in [-0.1, -0.05) is 6.58 Å². The Morgan fingerprint density at radius 1 is 0.871 bits per heavy atom. The van der Waals surface area contributed by atoms with Crippen LogP contribution in [0.1, 0.15) is 12.5 Å². The minimum atomic E-state index is -4.77. The number of benzene rings is 2. The number of hydrogen-bond donors (Lipinski definition) is 2. The Morgan fingerprint density at radius 3 is 1.84 bits per heavy atom. The van der Waals surface area contributed by atoms with E-state index in [1.165, 1.54) is 30.5 Å². The number of hydrazone groups is 1. The summed E-state index contributed by atoms with van der Waals surface area (Å²) in [5.41, 5.74) is 3.49. The Morgan fingerprint density at radius 2 is 1.35 bits per heavy atom. The number of nitrogens with one attached hydrogen (secondary N) is 2. The van der Waals surface area contributed by atoms with Gasteiger partial charge in [0.15, 0.2) is 0 Å². The minimum absolute atomic E-state index is 0.135. The Bertz CT molecular complexity index is 936. The zero-order valence-electron chi connectivity index (χ0n) is 15.9. The quantitative estimate of drug-likeness (QED) is 0.258. The van der Waals surface area contributed by atoms with E-state index in [1.54, 1.807) is 6.92 Å². The number of aliphatic imine (C=N–C) groups is 1. The molecule has 2 rings (SSSR count). The lowest BCUT2D eigenvalue weighted by molar-refractivity contribution is -0.275. The maximum Gasteiger partial charge on any atom is 0.573 e. The first-order chi connectivity index (χ1) is 14.4. The topological polar surface area (TPSA) is 67.2 Å². The second-order valence-corrected chi connectivity index (χ2v) is 5.83. The molecule has 0 aromatic heterocycles. The molecule has 0 aliphatic carbocycles. The van der Waals surface area contributed by atoms with E-state index in [9.17, 15) is 26.3 Å². The highest BCUT2D eigenvalue weighted by Crippen LogP contribution is 2.24. The van der Waals surface area contributed by atoms with Crippen LogP contribution in [-0.4, -0.2) is 24.8 Å². The van der Waals surface area contributed by atoms with Crippen LogP contribution in [-0.2, 0) is 0 Å². The van der Waals surface area contributed by atoms with Gasteiger partial charge in [-0.2, -0.15) is 5.10 Å². The van der Waals surface area contributed by atoms with E-state index in [0.717, 1.165) is 24.3 Å². The molecule has 0 aliphatic heterocycles. The van der Waals surface area contributed by atoms with Gasteiger partial charge < -0.3 is 14.8 Å². The molecular weight excluding hydrogens is 430 g/mol. The lowest BCUT2D eigenvalue weighted by Crippen LogP contribution is -2.17. The second-order valence-electron chi connectivity index (χ2n) is 5.83. The maximum atomic E-state index is 12.2. The predicted molar refractivity (Wildman–Crippen MR) is 103 cm³/mol. The molecule has 0 atom stereocenters. The van der Waals surface area contributed by atoms with Gasteiger partial charge in [0.1, 0.15) is 23.2 Å². The third kappa shape index (κ3) is 9.56. The molecule has 166 valence electrons. The standard InChI is InChI=1S/C19H16F6N4O2/c1-12(28-15-5-9-17(10-6-15)31-19(23,24)25)27-13(2)29-26-11-14-3-7-16(8-4-14)30-18(20,21)22/h3-11,29H,2H2,1H3,(H,27,28)/b26-11+. The van der Waals surface area contributed by atoms with Crippen molar-refractivity contribution in [1.82, 2.24) is 5.43 Å². The summed E-state index contributed by atoms with van der Waals surface area (Å²) in [4.78, 5) is 4.07. The van der Waals surface area contributed by atoms with Crippen LogP contribution in [0.3, 0.4) is 0 Å². The first kappa shape index (κ1) is 23.6. The molecule has 2 aromatic carbocycles. The average Bonchev–Trinajstić information content (AvgIpc) is 2.62. The predicted octanol–water partition coefficient (Wildman–Crippen LogP) is 5.41. The monoisotopic (exact) mass is 446 g/mol. The van der Waals surface area contributed by atoms with Crippen LogP contribution in [0, 0.1) is 0 Å². The summed E-state index contributed by atoms with van der Waals surface area (Å²) in [6, 6.07) is 10.1. The van der Waals surface area contributed by atoms with Crippen molar-refractivity contribution in [2.24, 2.45) is 10.1 Å². The summed E-state index contributed by atoms with van der Waals surface area (Å²) in [5, 5.41) is 6.71. The molecule has 0 amide bonds. The van der Waals surface area contributed by atoms with E-state index in [4.69, 9.17) is 0 Å². The van der Waals surface area contributed by atoms with Gasteiger partial charge in [-0.15, -0.1) is 26.3 Å². The van der Waals surface area contributed by atoms with Gasteiger partial charge >= 0.3 is 12.7 Å². The lowest BCUT2D eigenvalue weighted by Gasteiger charge is -2.10. The summed E-state index contributed by atoms with van der Waals surface area (Å²) in [7, 11) is 0. The summed E-state index contributed by atoms with van der Waals surface area (Å²) >= 11 is 0. The van der Waals surface area contributed by atoms with E-state index < -0.39 is 12.7 Å². The average molecular weight is 446 g/mol. The smallest absolute Gasteiger partial charge is 0.406 e. The number of anilines is 1. The van der Waals surface area contributed by atoms with Gasteiger partial charge in [-0.25, -0.2) is 4.99 Å². The third-order valence-corrected chi connectivity index (χ3v) is 3.24. The number of alkyl halides is 6. The Hall–Kier alpha value is -3.70. The van der Waals surface area contributed by atoms with Gasteiger partial charge in [0.05, 0.1) is 6.21 Å². The summed E-state index contributed by atoms with van der Waals surface area (Å²) < 4.78 is 80.4. The van der Waals surface area contributed by atoms with Gasteiger partial charge in [-0.3, -0.25) is 5.43 Å². The number of amidine groups is 1. The van der Waals surface area contributed by atoms with E-state index >= 15 is 0 Å². The van der Waals surface area contributed by atoms with Crippen LogP contribution in [0.25, 0.3) is 0 Å². The molecule has 0 fully saturated rings. The van der Waals surface area contributed by atoms with Crippen LogP contribution < -0.4 is 20.2 Å². The van der Waals surface area contributed by atoms with Crippen LogP contribution in [0.5, 0.6) is 11.5 Å². The van der Waals surface area contributed by atoms with Crippen LogP contribution in [0.4, 0.5) is 32.0 Å². The highest BCUT2D eigenvalue weighted by Gasteiger charge is 2.31. The zero-order valence-corrected chi connectivity index (χ0v) is 15.9. The van der Waals surface area contributed by atoms with Gasteiger partial charge in [0.2, 0.25) is 0 Å². The molecule has 0 saturated heterocycles. The number of ether oxygens (including phenoxy) is 2. The molecule has 2 N–H and O–H groups in total. The van der Waals surface area contributed by atoms with Crippen molar-refractivity contribution in [1.29, 1.82) is 0 Å². The second kappa shape index (κ2) is 9.87. The Kier molecular flexibility index (Phi) is 7.51. The molecule has 0 bridgehead atoms. The van der Waals surface area contributed by atoms with Crippen molar-refractivity contribution in [3.63, 3.8) is 0 Å². The van der Waals surface area contributed by atoms with Crippen molar-refractivity contribution in [2.75, 3.05) is 5.32 Å². The molecule has 12 heteroatoms. The van der Waals surface area contributed by atoms with Crippen LogP contribution >= 0.6 is 0 Å². The van der Waals surface area contributed by atoms with Crippen molar-refractivity contribution in [2.45, 2.75) is 19.6 Å². The summed E-state index contributed by atoms with van der Waals surface area (Å²) in [6.07, 6.45) is -8.20. The fourth-order valence-electron chi connectivity index (χ4n) is 2.14. The largest absolute Gasteiger partial charge is 0.573 e. The molecule has 0 heterocycles. The molecular formula is C19H16F6N4O2. The SMILES string of the molecule is C=C(/N=C(\C)Nc1ccc(OC(F)(F)F)cc1)N/N=C/c1ccc(OC(F)(F)F)cc1. The number of rotatable bonds is 7. The van der Waals surface area contributed by atoms with E-state index in [0.29, 0.717) is 17.1 Å². The van der Waals surface area contributed by atoms with Crippen LogP contribution in [0.2, 0.25) is 0 Å². The lowest BCUT2D eigenvalue weighted by atomic mass is 10.2. The number of halogens is 6. The van der Waals surface area contributed by atoms with E-state index in [2.05, 4.69) is 36.9 Å². The first-order valence-electron chi connectivity index (χ1n) is 8.41. The van der Waals surface area contributed by atoms with Crippen LogP contribution in [0.15, 0.2) is 71.0 Å². The minimum Gasteiger partial charge on any atom is -0.406 e. The fraction of sp³-hybridized carbons (Fsp3) is 0.158. The van der Waals surface area contributed by atoms with Crippen molar-refractivity contribution >= 4 is 17.7 Å². The highest BCUT2D eigenvalue weighted by atomic mass is 19.4. The highest BCUT2D eigenvalue weighted by molar-refractivity contribution is 5.94. The maximum absolute atomic E-state index is 12.2. The van der Waals surface area contributed by atoms with Crippen molar-refractivity contribution in [3.8, 4) is 11.5 Å². The third-order valence-electron chi connectivity index (χ3n) is 3.24. The summed E-state index contributed by atoms with van der Waals surface area (Å²) in [5.74, 6) is -0.210. The molecule has 6 nitrogen and oxygen atoms in total. The molecule has 0 saturated carbocycles. The van der Waals surface area contributed by atoms with E-state index in [-0.39, 0.29) is 17.3 Å². The molecule has 0 aliphatic rings. The molecule has 31 heavy (non-hydrogen) atoms. The molecule has 2 aromatic rings. The number of nitrogens with zero attached hydrogens (tertiary/aromatic N) is 2. The number of hydrogen-bond acceptors (Lipinski definition) is 5. The summed E-state index contributed by atoms with van der Waals surface area (Å²) in [6.45, 7) is 5.23. The van der Waals surface area contributed by atoms with Gasteiger partial charge in [0, 0.05) is 5.69 Å². The first-order valence-corrected chi connectivity index (χ1v) is 8.41. The van der Waals surface area contributed by atoms with Crippen molar-refractivity contribution < 1.29 is 35.8 Å². The molecule has 0 spiro atoms. The normalized spacial score (nSPS) is 12.5. The Balaban J connectivity index is 1.85. The molecule has 0 radical (unpaired) electrons.